The molecule has 0 amide bonds. The van der Waals surface area contributed by atoms with Gasteiger partial charge < -0.3 is 5.11 Å². The van der Waals surface area contributed by atoms with E-state index in [9.17, 15) is 5.11 Å². The summed E-state index contributed by atoms with van der Waals surface area (Å²) in [6.07, 6.45) is 1.03. The molecular formula is C11H13ClN4O. The highest BCUT2D eigenvalue weighted by molar-refractivity contribution is 6.29. The van der Waals surface area contributed by atoms with Gasteiger partial charge in [0.25, 0.3) is 0 Å². The molecule has 0 aliphatic rings. The van der Waals surface area contributed by atoms with Crippen molar-refractivity contribution in [3.63, 3.8) is 0 Å². The van der Waals surface area contributed by atoms with Crippen molar-refractivity contribution in [2.24, 2.45) is 5.92 Å². The average molecular weight is 253 g/mol. The molecule has 0 aliphatic carbocycles. The molecule has 0 aromatic carbocycles. The van der Waals surface area contributed by atoms with Crippen LogP contribution in [0.2, 0.25) is 5.15 Å². The first kappa shape index (κ1) is 12.0. The van der Waals surface area contributed by atoms with E-state index in [-0.39, 0.29) is 5.92 Å². The molecule has 90 valence electrons. The summed E-state index contributed by atoms with van der Waals surface area (Å²) in [4.78, 5) is 4.11. The van der Waals surface area contributed by atoms with Gasteiger partial charge in [-0.25, -0.2) is 9.67 Å². The normalized spacial score (nSPS) is 13.0. The zero-order chi connectivity index (χ0) is 12.4. The van der Waals surface area contributed by atoms with Crippen molar-refractivity contribution in [2.45, 2.75) is 20.0 Å². The number of rotatable bonds is 3. The van der Waals surface area contributed by atoms with Crippen LogP contribution in [0, 0.1) is 5.92 Å². The molecule has 2 rings (SSSR count). The van der Waals surface area contributed by atoms with Crippen LogP contribution in [0.25, 0.3) is 5.82 Å². The molecule has 1 N–H and O–H groups in total. The third kappa shape index (κ3) is 2.62. The summed E-state index contributed by atoms with van der Waals surface area (Å²) in [5.74, 6) is 0.666. The summed E-state index contributed by atoms with van der Waals surface area (Å²) < 4.78 is 1.49. The topological polar surface area (TPSA) is 63.8 Å². The second kappa shape index (κ2) is 4.81. The molecule has 0 fully saturated rings. The van der Waals surface area contributed by atoms with Gasteiger partial charge in [-0.3, -0.25) is 0 Å². The highest BCUT2D eigenvalue weighted by Gasteiger charge is 2.16. The van der Waals surface area contributed by atoms with E-state index in [4.69, 9.17) is 11.6 Å². The molecule has 17 heavy (non-hydrogen) atoms. The second-order valence-corrected chi connectivity index (χ2v) is 4.48. The molecule has 0 aliphatic heterocycles. The van der Waals surface area contributed by atoms with Gasteiger partial charge in [-0.05, 0) is 18.1 Å². The Balaban J connectivity index is 2.30. The van der Waals surface area contributed by atoms with Crippen molar-refractivity contribution in [3.8, 4) is 5.82 Å². The van der Waals surface area contributed by atoms with Crippen LogP contribution in [-0.4, -0.2) is 25.1 Å². The minimum atomic E-state index is -0.622. The maximum absolute atomic E-state index is 9.85. The molecule has 0 unspecified atom stereocenters. The third-order valence-electron chi connectivity index (χ3n) is 2.38. The second-order valence-electron chi connectivity index (χ2n) is 4.10. The third-order valence-corrected chi connectivity index (χ3v) is 2.59. The summed E-state index contributed by atoms with van der Waals surface area (Å²) in [6.45, 7) is 3.84. The Labute approximate surface area is 104 Å². The van der Waals surface area contributed by atoms with Crippen LogP contribution >= 0.6 is 11.6 Å². The van der Waals surface area contributed by atoms with E-state index in [0.29, 0.717) is 16.7 Å². The van der Waals surface area contributed by atoms with Gasteiger partial charge in [0.15, 0.2) is 5.82 Å². The maximum Gasteiger partial charge on any atom is 0.156 e. The Hall–Kier alpha value is -1.46. The molecule has 0 bridgehead atoms. The standard InChI is InChI=1S/C11H13ClN4O/c1-7(2)11(17)8-6-16(15-14-8)10-5-3-4-9(12)13-10/h3-7,11,17H,1-2H3/t11-/m1/s1. The van der Waals surface area contributed by atoms with Crippen LogP contribution in [0.1, 0.15) is 25.6 Å². The monoisotopic (exact) mass is 252 g/mol. The first-order chi connectivity index (χ1) is 8.08. The van der Waals surface area contributed by atoms with E-state index in [1.165, 1.54) is 4.68 Å². The number of halogens is 1. The molecule has 5 nitrogen and oxygen atoms in total. The van der Waals surface area contributed by atoms with E-state index >= 15 is 0 Å². The summed E-state index contributed by atoms with van der Waals surface area (Å²) in [7, 11) is 0. The van der Waals surface area contributed by atoms with Crippen LogP contribution in [-0.2, 0) is 0 Å². The maximum atomic E-state index is 9.85. The van der Waals surface area contributed by atoms with Crippen molar-refractivity contribution in [1.82, 2.24) is 20.0 Å². The van der Waals surface area contributed by atoms with Crippen molar-refractivity contribution in [1.29, 1.82) is 0 Å². The fourth-order valence-corrected chi connectivity index (χ4v) is 1.55. The number of aliphatic hydroxyl groups is 1. The number of nitrogens with zero attached hydrogens (tertiary/aromatic N) is 4. The van der Waals surface area contributed by atoms with Crippen molar-refractivity contribution >= 4 is 11.6 Å². The van der Waals surface area contributed by atoms with E-state index < -0.39 is 6.10 Å². The zero-order valence-electron chi connectivity index (χ0n) is 9.58. The molecule has 0 saturated carbocycles. The lowest BCUT2D eigenvalue weighted by atomic mass is 10.1. The van der Waals surface area contributed by atoms with Crippen LogP contribution < -0.4 is 0 Å². The molecule has 2 heterocycles. The van der Waals surface area contributed by atoms with Crippen molar-refractivity contribution in [2.75, 3.05) is 0 Å². The summed E-state index contributed by atoms with van der Waals surface area (Å²) in [5, 5.41) is 18.1. The summed E-state index contributed by atoms with van der Waals surface area (Å²) in [6, 6.07) is 5.24. The Morgan fingerprint density at radius 2 is 2.12 bits per heavy atom. The fourth-order valence-electron chi connectivity index (χ4n) is 1.39. The lowest BCUT2D eigenvalue weighted by molar-refractivity contribution is 0.122. The lowest BCUT2D eigenvalue weighted by Gasteiger charge is -2.09. The average Bonchev–Trinajstić information content (AvgIpc) is 2.77. The molecule has 6 heteroatoms. The predicted molar refractivity (Wildman–Crippen MR) is 64.0 cm³/mol. The Kier molecular flexibility index (Phi) is 3.40. The van der Waals surface area contributed by atoms with Gasteiger partial charge in [-0.15, -0.1) is 5.10 Å². The molecule has 0 saturated heterocycles. The highest BCUT2D eigenvalue weighted by atomic mass is 35.5. The minimum absolute atomic E-state index is 0.0903. The fraction of sp³-hybridized carbons (Fsp3) is 0.364. The van der Waals surface area contributed by atoms with Crippen molar-refractivity contribution in [3.05, 3.63) is 35.2 Å². The first-order valence-corrected chi connectivity index (χ1v) is 5.69. The molecule has 1 atom stereocenters. The molecule has 0 radical (unpaired) electrons. The Morgan fingerprint density at radius 3 is 2.76 bits per heavy atom. The molecular weight excluding hydrogens is 240 g/mol. The number of aliphatic hydroxyl groups excluding tert-OH is 1. The zero-order valence-corrected chi connectivity index (χ0v) is 10.3. The van der Waals surface area contributed by atoms with Crippen LogP contribution in [0.4, 0.5) is 0 Å². The summed E-state index contributed by atoms with van der Waals surface area (Å²) >= 11 is 5.79. The van der Waals surface area contributed by atoms with Gasteiger partial charge in [0.1, 0.15) is 17.0 Å². The molecule has 0 spiro atoms. The largest absolute Gasteiger partial charge is 0.386 e. The first-order valence-electron chi connectivity index (χ1n) is 5.31. The van der Waals surface area contributed by atoms with Crippen LogP contribution in [0.15, 0.2) is 24.4 Å². The van der Waals surface area contributed by atoms with Gasteiger partial charge in [0, 0.05) is 0 Å². The number of aromatic nitrogens is 4. The number of hydrogen-bond donors (Lipinski definition) is 1. The van der Waals surface area contributed by atoms with Gasteiger partial charge >= 0.3 is 0 Å². The predicted octanol–water partition coefficient (Wildman–Crippen LogP) is 2.01. The quantitative estimate of drug-likeness (QED) is 0.849. The van der Waals surface area contributed by atoms with Crippen LogP contribution in [0.5, 0.6) is 0 Å². The lowest BCUT2D eigenvalue weighted by Crippen LogP contribution is -2.05. The van der Waals surface area contributed by atoms with Gasteiger partial charge in [-0.2, -0.15) is 0 Å². The molecule has 2 aromatic rings. The molecule has 2 aromatic heterocycles. The van der Waals surface area contributed by atoms with Gasteiger partial charge in [-0.1, -0.05) is 36.7 Å². The number of hydrogen-bond acceptors (Lipinski definition) is 4. The van der Waals surface area contributed by atoms with Crippen molar-refractivity contribution < 1.29 is 5.11 Å². The smallest absolute Gasteiger partial charge is 0.156 e. The van der Waals surface area contributed by atoms with Crippen LogP contribution in [0.3, 0.4) is 0 Å². The van der Waals surface area contributed by atoms with E-state index in [0.717, 1.165) is 0 Å². The van der Waals surface area contributed by atoms with E-state index in [1.54, 1.807) is 24.4 Å². The van der Waals surface area contributed by atoms with Gasteiger partial charge in [0.2, 0.25) is 0 Å². The Bertz CT molecular complexity index is 512. The highest BCUT2D eigenvalue weighted by Crippen LogP contribution is 2.19. The minimum Gasteiger partial charge on any atom is -0.386 e. The SMILES string of the molecule is CC(C)[C@@H](O)c1cn(-c2cccc(Cl)n2)nn1. The number of pyridine rings is 1. The summed E-state index contributed by atoms with van der Waals surface area (Å²) in [5.41, 5.74) is 0.529. The Morgan fingerprint density at radius 1 is 1.35 bits per heavy atom. The van der Waals surface area contributed by atoms with E-state index in [2.05, 4.69) is 15.3 Å². The van der Waals surface area contributed by atoms with E-state index in [1.807, 2.05) is 13.8 Å². The van der Waals surface area contributed by atoms with Gasteiger partial charge in [0.05, 0.1) is 6.20 Å².